The lowest BCUT2D eigenvalue weighted by atomic mass is 10.0. The molecule has 136 valence electrons. The Kier molecular flexibility index (Phi) is 3.69. The number of para-hydroxylation sites is 1. The standard InChI is InChI=1S/C25H20N2O/c1-16-9-11-19-14-17(10-12-18(19)13-16)15-27-22-7-3-2-5-20(22)24-21(25(26)28)6-4-8-23(24)27/h2-14H,15H2,1H3,(H2,26,28). The van der Waals surface area contributed by atoms with Crippen LogP contribution in [0.5, 0.6) is 0 Å². The van der Waals surface area contributed by atoms with E-state index in [1.165, 1.54) is 21.9 Å². The van der Waals surface area contributed by atoms with Crippen molar-refractivity contribution < 1.29 is 4.79 Å². The van der Waals surface area contributed by atoms with Crippen molar-refractivity contribution in [1.82, 2.24) is 4.57 Å². The van der Waals surface area contributed by atoms with E-state index in [2.05, 4.69) is 66.1 Å². The van der Waals surface area contributed by atoms with Crippen molar-refractivity contribution in [2.45, 2.75) is 13.5 Å². The third-order valence-corrected chi connectivity index (χ3v) is 5.46. The van der Waals surface area contributed by atoms with Gasteiger partial charge in [-0.3, -0.25) is 4.79 Å². The first-order chi connectivity index (χ1) is 13.6. The summed E-state index contributed by atoms with van der Waals surface area (Å²) >= 11 is 0. The Morgan fingerprint density at radius 2 is 1.61 bits per heavy atom. The molecule has 3 nitrogen and oxygen atoms in total. The van der Waals surface area contributed by atoms with Crippen LogP contribution in [0.1, 0.15) is 21.5 Å². The van der Waals surface area contributed by atoms with Crippen LogP contribution in [0.4, 0.5) is 0 Å². The fourth-order valence-electron chi connectivity index (χ4n) is 4.17. The van der Waals surface area contributed by atoms with Gasteiger partial charge in [0, 0.05) is 28.4 Å². The van der Waals surface area contributed by atoms with Crippen LogP contribution in [0, 0.1) is 6.92 Å². The van der Waals surface area contributed by atoms with Gasteiger partial charge in [0.05, 0.1) is 5.52 Å². The summed E-state index contributed by atoms with van der Waals surface area (Å²) in [6.07, 6.45) is 0. The number of hydrogen-bond donors (Lipinski definition) is 1. The van der Waals surface area contributed by atoms with Crippen molar-refractivity contribution in [3.8, 4) is 0 Å². The molecule has 0 saturated carbocycles. The molecule has 0 fully saturated rings. The Hall–Kier alpha value is -3.59. The number of hydrogen-bond acceptors (Lipinski definition) is 1. The van der Waals surface area contributed by atoms with E-state index in [9.17, 15) is 4.79 Å². The van der Waals surface area contributed by atoms with Gasteiger partial charge >= 0.3 is 0 Å². The summed E-state index contributed by atoms with van der Waals surface area (Å²) < 4.78 is 2.27. The van der Waals surface area contributed by atoms with E-state index >= 15 is 0 Å². The van der Waals surface area contributed by atoms with E-state index < -0.39 is 5.91 Å². The average molecular weight is 364 g/mol. The third-order valence-electron chi connectivity index (χ3n) is 5.46. The van der Waals surface area contributed by atoms with Crippen molar-refractivity contribution in [3.63, 3.8) is 0 Å². The zero-order chi connectivity index (χ0) is 19.3. The highest BCUT2D eigenvalue weighted by molar-refractivity contribution is 6.17. The first-order valence-electron chi connectivity index (χ1n) is 9.41. The Bertz CT molecular complexity index is 1380. The van der Waals surface area contributed by atoms with Crippen LogP contribution in [0.3, 0.4) is 0 Å². The summed E-state index contributed by atoms with van der Waals surface area (Å²) in [6.45, 7) is 2.85. The Morgan fingerprint density at radius 1 is 0.857 bits per heavy atom. The molecule has 0 radical (unpaired) electrons. The van der Waals surface area contributed by atoms with Gasteiger partial charge in [0.15, 0.2) is 0 Å². The lowest BCUT2D eigenvalue weighted by Crippen LogP contribution is -2.11. The van der Waals surface area contributed by atoms with Gasteiger partial charge in [0.25, 0.3) is 0 Å². The van der Waals surface area contributed by atoms with Crippen LogP contribution in [-0.2, 0) is 6.54 Å². The van der Waals surface area contributed by atoms with Crippen molar-refractivity contribution in [2.24, 2.45) is 5.73 Å². The van der Waals surface area contributed by atoms with Gasteiger partial charge in [-0.2, -0.15) is 0 Å². The van der Waals surface area contributed by atoms with Gasteiger partial charge in [-0.15, -0.1) is 0 Å². The van der Waals surface area contributed by atoms with E-state index in [1.807, 2.05) is 18.2 Å². The number of aryl methyl sites for hydroxylation is 1. The third kappa shape index (κ3) is 2.55. The summed E-state index contributed by atoms with van der Waals surface area (Å²) in [5.41, 5.74) is 10.9. The molecular formula is C25H20N2O. The fraction of sp³-hybridized carbons (Fsp3) is 0.0800. The molecule has 0 aliphatic heterocycles. The normalized spacial score (nSPS) is 11.5. The number of nitrogens with two attached hydrogens (primary N) is 1. The van der Waals surface area contributed by atoms with E-state index in [0.717, 1.165) is 28.4 Å². The van der Waals surface area contributed by atoms with Crippen LogP contribution >= 0.6 is 0 Å². The highest BCUT2D eigenvalue weighted by Gasteiger charge is 2.16. The van der Waals surface area contributed by atoms with Crippen molar-refractivity contribution in [1.29, 1.82) is 0 Å². The minimum Gasteiger partial charge on any atom is -0.366 e. The number of fused-ring (bicyclic) bond motifs is 4. The molecule has 0 saturated heterocycles. The summed E-state index contributed by atoms with van der Waals surface area (Å²) in [7, 11) is 0. The van der Waals surface area contributed by atoms with Crippen LogP contribution in [-0.4, -0.2) is 10.5 Å². The molecule has 2 N–H and O–H groups in total. The maximum Gasteiger partial charge on any atom is 0.249 e. The number of rotatable bonds is 3. The molecule has 28 heavy (non-hydrogen) atoms. The number of aromatic nitrogens is 1. The van der Waals surface area contributed by atoms with E-state index in [0.29, 0.717) is 5.56 Å². The smallest absolute Gasteiger partial charge is 0.249 e. The van der Waals surface area contributed by atoms with Gasteiger partial charge in [0.2, 0.25) is 5.91 Å². The number of nitrogens with zero attached hydrogens (tertiary/aromatic N) is 1. The molecular weight excluding hydrogens is 344 g/mol. The first-order valence-corrected chi connectivity index (χ1v) is 9.41. The Labute approximate surface area is 163 Å². The number of benzene rings is 4. The van der Waals surface area contributed by atoms with Gasteiger partial charge in [-0.25, -0.2) is 0 Å². The van der Waals surface area contributed by atoms with E-state index in [4.69, 9.17) is 5.73 Å². The molecule has 5 rings (SSSR count). The Balaban J connectivity index is 1.73. The second kappa shape index (κ2) is 6.24. The number of carbonyl (C=O) groups is 1. The largest absolute Gasteiger partial charge is 0.366 e. The first kappa shape index (κ1) is 16.6. The monoisotopic (exact) mass is 364 g/mol. The van der Waals surface area contributed by atoms with Crippen molar-refractivity contribution in [3.05, 3.63) is 95.6 Å². The van der Waals surface area contributed by atoms with Gasteiger partial charge in [-0.05, 0) is 47.5 Å². The van der Waals surface area contributed by atoms with Crippen LogP contribution in [0.25, 0.3) is 32.6 Å². The Morgan fingerprint density at radius 3 is 2.46 bits per heavy atom. The topological polar surface area (TPSA) is 48.0 Å². The van der Waals surface area contributed by atoms with Gasteiger partial charge in [0.1, 0.15) is 0 Å². The fourth-order valence-corrected chi connectivity index (χ4v) is 4.17. The average Bonchev–Trinajstić information content (AvgIpc) is 3.02. The maximum absolute atomic E-state index is 12.0. The molecule has 0 aliphatic carbocycles. The van der Waals surface area contributed by atoms with Crippen LogP contribution in [0.15, 0.2) is 78.9 Å². The molecule has 0 spiro atoms. The molecule has 0 bridgehead atoms. The van der Waals surface area contributed by atoms with Crippen molar-refractivity contribution >= 4 is 38.5 Å². The predicted molar refractivity (Wildman–Crippen MR) is 116 cm³/mol. The molecule has 1 heterocycles. The lowest BCUT2D eigenvalue weighted by Gasteiger charge is -2.10. The molecule has 0 atom stereocenters. The molecule has 5 aromatic rings. The summed E-state index contributed by atoms with van der Waals surface area (Å²) in [4.78, 5) is 12.0. The quantitative estimate of drug-likeness (QED) is 0.457. The highest BCUT2D eigenvalue weighted by atomic mass is 16.1. The van der Waals surface area contributed by atoms with Crippen LogP contribution < -0.4 is 5.73 Å². The molecule has 1 amide bonds. The maximum atomic E-state index is 12.0. The molecule has 1 aromatic heterocycles. The zero-order valence-corrected chi connectivity index (χ0v) is 15.6. The second-order valence-corrected chi connectivity index (χ2v) is 7.35. The van der Waals surface area contributed by atoms with E-state index in [-0.39, 0.29) is 0 Å². The predicted octanol–water partition coefficient (Wildman–Crippen LogP) is 5.40. The number of primary amides is 1. The van der Waals surface area contributed by atoms with Gasteiger partial charge < -0.3 is 10.3 Å². The number of carbonyl (C=O) groups excluding carboxylic acids is 1. The zero-order valence-electron chi connectivity index (χ0n) is 15.6. The summed E-state index contributed by atoms with van der Waals surface area (Å²) in [6, 6.07) is 27.1. The minimum atomic E-state index is -0.394. The SMILES string of the molecule is Cc1ccc2cc(Cn3c4ccccc4c4c(C(N)=O)cccc43)ccc2c1. The van der Waals surface area contributed by atoms with E-state index in [1.54, 1.807) is 6.07 Å². The summed E-state index contributed by atoms with van der Waals surface area (Å²) in [5, 5.41) is 4.48. The van der Waals surface area contributed by atoms with Gasteiger partial charge in [-0.1, -0.05) is 60.2 Å². The molecule has 0 unspecified atom stereocenters. The highest BCUT2D eigenvalue weighted by Crippen LogP contribution is 2.32. The molecule has 3 heteroatoms. The molecule has 0 aliphatic rings. The molecule has 4 aromatic carbocycles. The van der Waals surface area contributed by atoms with Crippen molar-refractivity contribution in [2.75, 3.05) is 0 Å². The summed E-state index contributed by atoms with van der Waals surface area (Å²) in [5.74, 6) is -0.394. The second-order valence-electron chi connectivity index (χ2n) is 7.35. The number of amides is 1. The lowest BCUT2D eigenvalue weighted by molar-refractivity contribution is 0.100. The minimum absolute atomic E-state index is 0.394. The van der Waals surface area contributed by atoms with Crippen LogP contribution in [0.2, 0.25) is 0 Å².